The first-order valence-electron chi connectivity index (χ1n) is 40.9. The minimum atomic E-state index is -0.774. The first kappa shape index (κ1) is 99.3. The van der Waals surface area contributed by atoms with E-state index in [9.17, 15) is 30.6 Å². The summed E-state index contributed by atoms with van der Waals surface area (Å²) in [4.78, 5) is 19.6. The van der Waals surface area contributed by atoms with E-state index in [-0.39, 0.29) is 111 Å². The van der Waals surface area contributed by atoms with Crippen LogP contribution in [0.3, 0.4) is 0 Å². The molecule has 0 bridgehead atoms. The van der Waals surface area contributed by atoms with Gasteiger partial charge in [0.2, 0.25) is 0 Å². The number of hydrogen-bond donors (Lipinski definition) is 6. The van der Waals surface area contributed by atoms with Crippen molar-refractivity contribution in [3.05, 3.63) is 213 Å². The number of aliphatic hydroxyl groups is 4. The summed E-state index contributed by atoms with van der Waals surface area (Å²) in [5, 5.41) is 78.8. The second-order valence-corrected chi connectivity index (χ2v) is 44.2. The van der Waals surface area contributed by atoms with Crippen molar-refractivity contribution in [2.75, 3.05) is 10.6 Å². The molecule has 0 heterocycles. The summed E-state index contributed by atoms with van der Waals surface area (Å²) in [6, 6.07) is 31.2. The van der Waals surface area contributed by atoms with Crippen LogP contribution in [0.2, 0.25) is 0 Å². The third-order valence-corrected chi connectivity index (χ3v) is 21.3. The van der Waals surface area contributed by atoms with Crippen LogP contribution in [0.4, 0.5) is 45.5 Å². The van der Waals surface area contributed by atoms with Crippen molar-refractivity contribution < 1.29 is 64.8 Å². The van der Waals surface area contributed by atoms with Crippen LogP contribution < -0.4 is 20.8 Å². The van der Waals surface area contributed by atoms with Crippen LogP contribution in [0, 0.1) is 43.3 Å². The number of benzene rings is 5. The molecule has 5 aromatic carbocycles. The predicted octanol–water partition coefficient (Wildman–Crippen LogP) is 25.4. The van der Waals surface area contributed by atoms with Gasteiger partial charge in [-0.3, -0.25) is 20.0 Å². The average molecular weight is 1660 g/mol. The van der Waals surface area contributed by atoms with Gasteiger partial charge in [0.25, 0.3) is 0 Å². The Balaban J connectivity index is 0.000000308. The van der Waals surface area contributed by atoms with Gasteiger partial charge < -0.3 is 41.3 Å². The van der Waals surface area contributed by atoms with Gasteiger partial charge in [0, 0.05) is 39.8 Å². The largest absolute Gasteiger partial charge is 2.00 e. The summed E-state index contributed by atoms with van der Waals surface area (Å²) in [5.74, 6) is 0.0326. The van der Waals surface area contributed by atoms with Crippen molar-refractivity contribution in [2.45, 2.75) is 295 Å². The third-order valence-electron chi connectivity index (χ3n) is 21.3. The molecule has 4 aliphatic rings. The van der Waals surface area contributed by atoms with Gasteiger partial charge in [-0.25, -0.2) is 0 Å². The minimum Gasteiger partial charge on any atom is -0.871 e. The van der Waals surface area contributed by atoms with E-state index in [0.717, 1.165) is 101 Å². The van der Waals surface area contributed by atoms with Gasteiger partial charge >= 0.3 is 17.1 Å². The molecule has 0 saturated heterocycles. The van der Waals surface area contributed by atoms with Crippen LogP contribution in [0.5, 0.6) is 11.5 Å². The molecular weight excluding hydrogens is 1520 g/mol. The molecule has 0 fully saturated rings. The van der Waals surface area contributed by atoms with E-state index < -0.39 is 24.4 Å². The van der Waals surface area contributed by atoms with Crippen LogP contribution in [0.15, 0.2) is 210 Å². The number of anilines is 4. The number of rotatable bonds is 8. The van der Waals surface area contributed by atoms with Gasteiger partial charge in [-0.05, 0) is 223 Å². The monoisotopic (exact) mass is 1660 g/mol. The maximum atomic E-state index is 13.5. The fraction of sp³-hybridized carbons (Fsp3) is 0.510. The van der Waals surface area contributed by atoms with E-state index in [2.05, 4.69) is 296 Å². The molecule has 4 atom stereocenters. The molecule has 0 spiro atoms. The van der Waals surface area contributed by atoms with E-state index in [1.165, 1.54) is 0 Å². The Kier molecular flexibility index (Phi) is 30.8. The molecule has 14 heteroatoms. The fourth-order valence-electron chi connectivity index (χ4n) is 13.6. The van der Waals surface area contributed by atoms with Crippen molar-refractivity contribution in [3.8, 4) is 11.5 Å². The number of allylic oxidation sites excluding steroid dienone is 8. The van der Waals surface area contributed by atoms with Crippen molar-refractivity contribution in [3.63, 3.8) is 0 Å². The van der Waals surface area contributed by atoms with Gasteiger partial charge in [-0.15, -0.1) is 0 Å². The van der Waals surface area contributed by atoms with Crippen LogP contribution in [-0.4, -0.2) is 67.7 Å². The molecule has 2 radical (unpaired) electrons. The van der Waals surface area contributed by atoms with E-state index in [1.54, 1.807) is 0 Å². The molecule has 4 aliphatic carbocycles. The van der Waals surface area contributed by atoms with E-state index in [4.69, 9.17) is 20.0 Å². The molecule has 6 N–H and O–H groups in total. The molecule has 4 unspecified atom stereocenters. The summed E-state index contributed by atoms with van der Waals surface area (Å²) in [6.07, 6.45) is 13.5. The molecule has 5 aromatic rings. The summed E-state index contributed by atoms with van der Waals surface area (Å²) in [5.41, 5.74) is 18.6. The zero-order valence-corrected chi connectivity index (χ0v) is 79.7. The quantitative estimate of drug-likeness (QED) is 0.0824. The number of nitrogens with zero attached hydrogens (tertiary/aromatic N) is 4. The van der Waals surface area contributed by atoms with Gasteiger partial charge in [0.05, 0.1) is 45.6 Å². The zero-order valence-electron chi connectivity index (χ0n) is 77.3. The molecule has 0 saturated carbocycles. The van der Waals surface area contributed by atoms with Crippen molar-refractivity contribution in [2.24, 2.45) is 63.3 Å². The fourth-order valence-corrected chi connectivity index (χ4v) is 13.6. The Bertz CT molecular complexity index is 4500. The standard InChI is InChI=1S/3C34H48N2O2.2Mn/c3*1-31(2,3)21-16-25(33(7,8)9)29(37)27(18-21)35-23-14-13-15-24(20-23)36-28-19-22(32(4,5)6)17-26(30(28)38)34(10,11)12;;/h2*13-20,29,36-38H,1-12H3;13-20,29-30,37-38H,1-12H3;;/q;;;;+2/p-2. The van der Waals surface area contributed by atoms with E-state index in [1.807, 2.05) is 109 Å². The summed E-state index contributed by atoms with van der Waals surface area (Å²) in [6.45, 7) is 77.0. The Morgan fingerprint density at radius 2 is 0.483 bits per heavy atom. The zero-order chi connectivity index (χ0) is 86.5. The normalized spacial score (nSPS) is 19.8. The Hall–Kier alpha value is -7.22. The third kappa shape index (κ3) is 25.9. The number of aliphatic hydroxyl groups excluding tert-OH is 4. The first-order chi connectivity index (χ1) is 51.5. The Morgan fingerprint density at radius 3 is 0.681 bits per heavy atom. The second-order valence-electron chi connectivity index (χ2n) is 44.2. The predicted molar refractivity (Wildman–Crippen MR) is 485 cm³/mol. The SMILES string of the molecule is CC(C)(C)C1=CC(=Nc2cccc(N=C3C=C(C(C)(C)C)C=C(C(C)(C)C)C3O)c2)C(O)C(C(C)(C)C)=C1.CC(C)(C)C1=CC(=Nc2cccc(Nc3cc(C(C)(C)C)cc(C(C)(C)C)c3[O-])c2)C(O)C(C(C)(C)C)=C1.CC(C)(C)C1=CC(=Nc2cccc(Nc3cc(C(C)(C)C)cc(C(C)(C)C)c3[O-])c2)C(O)C(C(C)(C)C)=C1.[Mn+2].[Mn]. The average Bonchev–Trinajstić information content (AvgIpc) is 0.807. The maximum absolute atomic E-state index is 13.5. The smallest absolute Gasteiger partial charge is 0.871 e. The summed E-state index contributed by atoms with van der Waals surface area (Å²) < 4.78 is 0. The number of aliphatic imine (C=N–C) groups is 4. The van der Waals surface area contributed by atoms with Crippen LogP contribution in [0.25, 0.3) is 0 Å². The number of nitrogens with one attached hydrogen (secondary N) is 2. The Morgan fingerprint density at radius 1 is 0.267 bits per heavy atom. The van der Waals surface area contributed by atoms with E-state index in [0.29, 0.717) is 34.2 Å². The van der Waals surface area contributed by atoms with E-state index >= 15 is 0 Å². The van der Waals surface area contributed by atoms with Gasteiger partial charge in [0.15, 0.2) is 0 Å². The molecule has 0 amide bonds. The molecule has 116 heavy (non-hydrogen) atoms. The van der Waals surface area contributed by atoms with Crippen molar-refractivity contribution >= 4 is 68.3 Å². The van der Waals surface area contributed by atoms with Crippen LogP contribution in [0.1, 0.15) is 272 Å². The molecule has 0 aromatic heterocycles. The maximum Gasteiger partial charge on any atom is 2.00 e. The van der Waals surface area contributed by atoms with Crippen LogP contribution in [-0.2, 0) is 55.8 Å². The molecule has 12 nitrogen and oxygen atoms in total. The van der Waals surface area contributed by atoms with Gasteiger partial charge in [-0.1, -0.05) is 315 Å². The molecule has 9 rings (SSSR count). The minimum absolute atomic E-state index is 0. The van der Waals surface area contributed by atoms with Crippen LogP contribution >= 0.6 is 0 Å². The molecular formula is C102H142Mn2N6O6. The molecule has 0 aliphatic heterocycles. The Labute approximate surface area is 721 Å². The first-order valence-corrected chi connectivity index (χ1v) is 40.9. The summed E-state index contributed by atoms with van der Waals surface area (Å²) >= 11 is 0. The van der Waals surface area contributed by atoms with Crippen molar-refractivity contribution in [1.82, 2.24) is 0 Å². The van der Waals surface area contributed by atoms with Gasteiger partial charge in [0.1, 0.15) is 24.4 Å². The second kappa shape index (κ2) is 36.0. The summed E-state index contributed by atoms with van der Waals surface area (Å²) in [7, 11) is 0. The topological polar surface area (TPSA) is 201 Å². The van der Waals surface area contributed by atoms with Crippen molar-refractivity contribution in [1.29, 1.82) is 0 Å². The molecule has 630 valence electrons. The van der Waals surface area contributed by atoms with Gasteiger partial charge in [-0.2, -0.15) is 0 Å². The number of hydrogen-bond acceptors (Lipinski definition) is 12.